The van der Waals surface area contributed by atoms with Crippen LogP contribution in [-0.4, -0.2) is 76.2 Å². The first-order chi connectivity index (χ1) is 10.1. The second kappa shape index (κ2) is 9.89. The molecule has 0 bridgehead atoms. The first-order valence-corrected chi connectivity index (χ1v) is 9.35. The SMILES string of the molecule is I.NC(=NCC1CCCS1(=O)=O)NCCCN1CCOCC1. The molecule has 2 fully saturated rings. The van der Waals surface area contributed by atoms with Gasteiger partial charge in [0.15, 0.2) is 15.8 Å². The minimum atomic E-state index is -2.93. The van der Waals surface area contributed by atoms with E-state index in [0.717, 1.165) is 52.2 Å². The molecule has 0 saturated carbocycles. The summed E-state index contributed by atoms with van der Waals surface area (Å²) in [4.78, 5) is 6.52. The van der Waals surface area contributed by atoms with Crippen molar-refractivity contribution in [3.05, 3.63) is 0 Å². The Kier molecular flexibility index (Phi) is 8.95. The predicted octanol–water partition coefficient (Wildman–Crippen LogP) is -0.192. The van der Waals surface area contributed by atoms with Gasteiger partial charge in [0.2, 0.25) is 0 Å². The summed E-state index contributed by atoms with van der Waals surface area (Å²) >= 11 is 0. The largest absolute Gasteiger partial charge is 0.379 e. The van der Waals surface area contributed by atoms with Crippen molar-refractivity contribution >= 4 is 39.8 Å². The predicted molar refractivity (Wildman–Crippen MR) is 98.6 cm³/mol. The number of nitrogens with one attached hydrogen (secondary N) is 1. The maximum absolute atomic E-state index is 11.7. The maximum Gasteiger partial charge on any atom is 0.188 e. The quantitative estimate of drug-likeness (QED) is 0.254. The Labute approximate surface area is 150 Å². The lowest BCUT2D eigenvalue weighted by molar-refractivity contribution is 0.0376. The average Bonchev–Trinajstić information content (AvgIpc) is 2.81. The normalized spacial score (nSPS) is 25.6. The van der Waals surface area contributed by atoms with Gasteiger partial charge in [0.1, 0.15) is 0 Å². The van der Waals surface area contributed by atoms with Crippen LogP contribution in [0.3, 0.4) is 0 Å². The van der Waals surface area contributed by atoms with Crippen LogP contribution in [0.4, 0.5) is 0 Å². The molecule has 22 heavy (non-hydrogen) atoms. The molecule has 2 saturated heterocycles. The fourth-order valence-corrected chi connectivity index (χ4v) is 4.39. The molecule has 1 unspecified atom stereocenters. The Hall–Kier alpha value is -0.130. The molecule has 0 aromatic heterocycles. The summed E-state index contributed by atoms with van der Waals surface area (Å²) < 4.78 is 28.6. The van der Waals surface area contributed by atoms with Crippen LogP contribution in [0.5, 0.6) is 0 Å². The summed E-state index contributed by atoms with van der Waals surface area (Å²) in [6.45, 7) is 5.65. The zero-order chi connectivity index (χ0) is 15.1. The number of sulfone groups is 1. The molecule has 2 aliphatic heterocycles. The van der Waals surface area contributed by atoms with Gasteiger partial charge < -0.3 is 15.8 Å². The van der Waals surface area contributed by atoms with E-state index in [1.54, 1.807) is 0 Å². The highest BCUT2D eigenvalue weighted by Gasteiger charge is 2.30. The number of ether oxygens (including phenoxy) is 1. The van der Waals surface area contributed by atoms with E-state index in [1.165, 1.54) is 0 Å². The van der Waals surface area contributed by atoms with Gasteiger partial charge in [-0.3, -0.25) is 9.89 Å². The number of hydrogen-bond donors (Lipinski definition) is 2. The number of halogens is 1. The van der Waals surface area contributed by atoms with E-state index in [0.29, 0.717) is 18.1 Å². The molecule has 3 N–H and O–H groups in total. The van der Waals surface area contributed by atoms with Crippen LogP contribution in [0.2, 0.25) is 0 Å². The molecule has 0 aliphatic carbocycles. The highest BCUT2D eigenvalue weighted by Crippen LogP contribution is 2.19. The van der Waals surface area contributed by atoms with Crippen molar-refractivity contribution in [3.63, 3.8) is 0 Å². The van der Waals surface area contributed by atoms with Crippen molar-refractivity contribution in [1.82, 2.24) is 10.2 Å². The van der Waals surface area contributed by atoms with Gasteiger partial charge in [0.25, 0.3) is 0 Å². The molecular weight excluding hydrogens is 419 g/mol. The van der Waals surface area contributed by atoms with Gasteiger partial charge >= 0.3 is 0 Å². The molecule has 2 heterocycles. The fraction of sp³-hybridized carbons (Fsp3) is 0.923. The van der Waals surface area contributed by atoms with E-state index < -0.39 is 9.84 Å². The van der Waals surface area contributed by atoms with Crippen molar-refractivity contribution in [2.45, 2.75) is 24.5 Å². The number of guanidine groups is 1. The van der Waals surface area contributed by atoms with Gasteiger partial charge in [-0.05, 0) is 25.8 Å². The van der Waals surface area contributed by atoms with Crippen molar-refractivity contribution < 1.29 is 13.2 Å². The Morgan fingerprint density at radius 3 is 2.73 bits per heavy atom. The molecule has 9 heteroatoms. The fourth-order valence-electron chi connectivity index (χ4n) is 2.66. The first kappa shape index (κ1) is 19.9. The molecule has 0 aromatic rings. The molecule has 0 spiro atoms. The lowest BCUT2D eigenvalue weighted by atomic mass is 10.2. The summed E-state index contributed by atoms with van der Waals surface area (Å²) in [7, 11) is -2.93. The number of nitrogens with two attached hydrogens (primary N) is 1. The van der Waals surface area contributed by atoms with Gasteiger partial charge in [-0.15, -0.1) is 24.0 Å². The Bertz CT molecular complexity index is 452. The van der Waals surface area contributed by atoms with E-state index in [2.05, 4.69) is 15.2 Å². The van der Waals surface area contributed by atoms with Crippen molar-refractivity contribution in [2.75, 3.05) is 51.7 Å². The third kappa shape index (κ3) is 6.55. The third-order valence-corrected chi connectivity index (χ3v) is 6.25. The van der Waals surface area contributed by atoms with Gasteiger partial charge in [-0.1, -0.05) is 0 Å². The number of hydrogen-bond acceptors (Lipinski definition) is 5. The molecule has 0 aromatic carbocycles. The summed E-state index contributed by atoms with van der Waals surface area (Å²) in [6, 6.07) is 0. The Morgan fingerprint density at radius 1 is 1.36 bits per heavy atom. The summed E-state index contributed by atoms with van der Waals surface area (Å²) in [5.41, 5.74) is 5.77. The minimum Gasteiger partial charge on any atom is -0.379 e. The number of morpholine rings is 1. The lowest BCUT2D eigenvalue weighted by Crippen LogP contribution is -2.39. The maximum atomic E-state index is 11.7. The van der Waals surface area contributed by atoms with Crippen LogP contribution in [-0.2, 0) is 14.6 Å². The van der Waals surface area contributed by atoms with Gasteiger partial charge in [0, 0.05) is 19.6 Å². The topological polar surface area (TPSA) is 97.0 Å². The van der Waals surface area contributed by atoms with Gasteiger partial charge in [-0.25, -0.2) is 8.42 Å². The van der Waals surface area contributed by atoms with E-state index in [1.807, 2.05) is 0 Å². The van der Waals surface area contributed by atoms with Gasteiger partial charge in [-0.2, -0.15) is 0 Å². The molecule has 2 aliphatic rings. The van der Waals surface area contributed by atoms with Crippen LogP contribution < -0.4 is 11.1 Å². The van der Waals surface area contributed by atoms with Crippen LogP contribution >= 0.6 is 24.0 Å². The van der Waals surface area contributed by atoms with Crippen molar-refractivity contribution in [2.24, 2.45) is 10.7 Å². The second-order valence-electron chi connectivity index (χ2n) is 5.59. The molecule has 1 atom stereocenters. The average molecular weight is 446 g/mol. The smallest absolute Gasteiger partial charge is 0.188 e. The minimum absolute atomic E-state index is 0. The molecule has 0 radical (unpaired) electrons. The zero-order valence-corrected chi connectivity index (χ0v) is 16.0. The van der Waals surface area contributed by atoms with E-state index in [4.69, 9.17) is 10.5 Å². The number of rotatable bonds is 6. The van der Waals surface area contributed by atoms with Crippen molar-refractivity contribution in [1.29, 1.82) is 0 Å². The zero-order valence-electron chi connectivity index (χ0n) is 12.9. The number of nitrogens with zero attached hydrogens (tertiary/aromatic N) is 2. The summed E-state index contributed by atoms with van der Waals surface area (Å²) in [5.74, 6) is 0.638. The molecule has 0 amide bonds. The molecular formula is C13H27IN4O3S. The molecule has 130 valence electrons. The number of aliphatic imine (C=N–C) groups is 1. The second-order valence-corrected chi connectivity index (χ2v) is 7.99. The summed E-state index contributed by atoms with van der Waals surface area (Å²) in [5, 5.41) is 2.71. The van der Waals surface area contributed by atoms with Crippen LogP contribution in [0, 0.1) is 0 Å². The van der Waals surface area contributed by atoms with Gasteiger partial charge in [0.05, 0.1) is 30.8 Å². The highest BCUT2D eigenvalue weighted by molar-refractivity contribution is 14.0. The molecule has 2 rings (SSSR count). The molecule has 7 nitrogen and oxygen atoms in total. The Morgan fingerprint density at radius 2 is 2.09 bits per heavy atom. The van der Waals surface area contributed by atoms with Crippen LogP contribution in [0.15, 0.2) is 4.99 Å². The van der Waals surface area contributed by atoms with Crippen LogP contribution in [0.25, 0.3) is 0 Å². The van der Waals surface area contributed by atoms with E-state index in [9.17, 15) is 8.42 Å². The standard InChI is InChI=1S/C13H26N4O3S.HI/c14-13(16-11-12-3-1-10-21(12,18)19)15-4-2-5-17-6-8-20-9-7-17;/h12H,1-11H2,(H3,14,15,16);1H. The van der Waals surface area contributed by atoms with E-state index >= 15 is 0 Å². The van der Waals surface area contributed by atoms with Crippen LogP contribution in [0.1, 0.15) is 19.3 Å². The lowest BCUT2D eigenvalue weighted by Gasteiger charge is -2.26. The van der Waals surface area contributed by atoms with Crippen molar-refractivity contribution in [3.8, 4) is 0 Å². The highest BCUT2D eigenvalue weighted by atomic mass is 127. The van der Waals surface area contributed by atoms with E-state index in [-0.39, 0.29) is 35.8 Å². The third-order valence-electron chi connectivity index (χ3n) is 3.99. The first-order valence-electron chi connectivity index (χ1n) is 7.63. The monoisotopic (exact) mass is 446 g/mol. The summed E-state index contributed by atoms with van der Waals surface area (Å²) in [6.07, 6.45) is 2.43. The Balaban J connectivity index is 0.00000242.